The zero-order chi connectivity index (χ0) is 14.2. The molecule has 0 heterocycles. The smallest absolute Gasteiger partial charge is 0.121 e. The summed E-state index contributed by atoms with van der Waals surface area (Å²) in [5, 5.41) is 10.2. The highest BCUT2D eigenvalue weighted by atomic mass is 16.3. The second-order valence-corrected chi connectivity index (χ2v) is 6.77. The molecule has 19 heavy (non-hydrogen) atoms. The highest BCUT2D eigenvalue weighted by Crippen LogP contribution is 2.44. The van der Waals surface area contributed by atoms with Crippen LogP contribution in [0.15, 0.2) is 0 Å². The van der Waals surface area contributed by atoms with Crippen molar-refractivity contribution in [2.75, 3.05) is 0 Å². The van der Waals surface area contributed by atoms with Gasteiger partial charge in [0, 0.05) is 0 Å². The molecule has 1 aromatic carbocycles. The highest BCUT2D eigenvalue weighted by molar-refractivity contribution is 5.54. The third kappa shape index (κ3) is 2.52. The summed E-state index contributed by atoms with van der Waals surface area (Å²) < 4.78 is 0. The molecule has 0 saturated carbocycles. The topological polar surface area (TPSA) is 20.2 Å². The van der Waals surface area contributed by atoms with Crippen molar-refractivity contribution in [3.05, 3.63) is 27.8 Å². The molecule has 0 fully saturated rings. The Kier molecular flexibility index (Phi) is 3.94. The minimum Gasteiger partial charge on any atom is -0.507 e. The van der Waals surface area contributed by atoms with E-state index in [1.54, 1.807) is 0 Å². The average Bonchev–Trinajstić information content (AvgIpc) is 2.40. The van der Waals surface area contributed by atoms with Gasteiger partial charge >= 0.3 is 0 Å². The number of phenols is 1. The highest BCUT2D eigenvalue weighted by Gasteiger charge is 2.32. The van der Waals surface area contributed by atoms with Crippen LogP contribution in [0.1, 0.15) is 67.3 Å². The average molecular weight is 260 g/mol. The molecule has 1 N–H and O–H groups in total. The SMILES string of the molecule is CCCC[C@]1(C)CCc2c(C)c(O)c(C)c(C)c2C1. The Hall–Kier alpha value is -0.980. The molecule has 0 amide bonds. The number of aromatic hydroxyl groups is 1. The molecule has 1 atom stereocenters. The number of hydrogen-bond donors (Lipinski definition) is 1. The fourth-order valence-corrected chi connectivity index (χ4v) is 3.62. The van der Waals surface area contributed by atoms with Crippen molar-refractivity contribution in [1.29, 1.82) is 0 Å². The maximum atomic E-state index is 10.2. The molecule has 0 spiro atoms. The van der Waals surface area contributed by atoms with Crippen LogP contribution in [0.3, 0.4) is 0 Å². The van der Waals surface area contributed by atoms with E-state index in [1.807, 2.05) is 0 Å². The Balaban J connectivity index is 2.40. The number of rotatable bonds is 3. The Morgan fingerprint density at radius 2 is 1.74 bits per heavy atom. The van der Waals surface area contributed by atoms with Gasteiger partial charge < -0.3 is 5.11 Å². The van der Waals surface area contributed by atoms with Gasteiger partial charge in [-0.3, -0.25) is 0 Å². The molecule has 1 aliphatic rings. The van der Waals surface area contributed by atoms with Gasteiger partial charge in [-0.1, -0.05) is 26.7 Å². The van der Waals surface area contributed by atoms with E-state index in [4.69, 9.17) is 0 Å². The predicted octanol–water partition coefficient (Wildman–Crippen LogP) is 5.00. The van der Waals surface area contributed by atoms with Crippen LogP contribution in [0.25, 0.3) is 0 Å². The fraction of sp³-hybridized carbons (Fsp3) is 0.667. The van der Waals surface area contributed by atoms with Gasteiger partial charge in [-0.25, -0.2) is 0 Å². The molecule has 0 bridgehead atoms. The molecule has 1 nitrogen and oxygen atoms in total. The van der Waals surface area contributed by atoms with Crippen LogP contribution in [0.2, 0.25) is 0 Å². The lowest BCUT2D eigenvalue weighted by atomic mass is 9.68. The Labute approximate surface area is 118 Å². The summed E-state index contributed by atoms with van der Waals surface area (Å²) in [4.78, 5) is 0. The van der Waals surface area contributed by atoms with E-state index in [1.165, 1.54) is 48.8 Å². The summed E-state index contributed by atoms with van der Waals surface area (Å²) in [5.74, 6) is 0.522. The Bertz CT molecular complexity index is 487. The second-order valence-electron chi connectivity index (χ2n) is 6.77. The van der Waals surface area contributed by atoms with Gasteiger partial charge in [0.1, 0.15) is 5.75 Å². The molecule has 2 rings (SSSR count). The lowest BCUT2D eigenvalue weighted by Crippen LogP contribution is -2.27. The van der Waals surface area contributed by atoms with Crippen molar-refractivity contribution < 1.29 is 5.11 Å². The molecular weight excluding hydrogens is 232 g/mol. The molecule has 1 aromatic rings. The first-order valence-electron chi connectivity index (χ1n) is 7.70. The Morgan fingerprint density at radius 1 is 1.05 bits per heavy atom. The molecule has 0 radical (unpaired) electrons. The van der Waals surface area contributed by atoms with Gasteiger partial charge in [-0.05, 0) is 79.7 Å². The number of unbranched alkanes of at least 4 members (excludes halogenated alkanes) is 1. The summed E-state index contributed by atoms with van der Waals surface area (Å²) >= 11 is 0. The minimum absolute atomic E-state index is 0.462. The van der Waals surface area contributed by atoms with Crippen LogP contribution >= 0.6 is 0 Å². The van der Waals surface area contributed by atoms with Crippen LogP contribution in [-0.4, -0.2) is 5.11 Å². The van der Waals surface area contributed by atoms with E-state index in [2.05, 4.69) is 34.6 Å². The van der Waals surface area contributed by atoms with Gasteiger partial charge in [-0.2, -0.15) is 0 Å². The maximum Gasteiger partial charge on any atom is 0.121 e. The summed E-state index contributed by atoms with van der Waals surface area (Å²) in [6, 6.07) is 0. The summed E-state index contributed by atoms with van der Waals surface area (Å²) in [7, 11) is 0. The molecule has 106 valence electrons. The number of phenolic OH excluding ortho intramolecular Hbond substituents is 1. The van der Waals surface area contributed by atoms with Crippen molar-refractivity contribution >= 4 is 0 Å². The standard InChI is InChI=1S/C18H28O/c1-6-7-9-18(5)10-8-15-14(4)17(19)13(3)12(2)16(15)11-18/h19H,6-11H2,1-5H3/t18-/m1/s1. The normalized spacial score (nSPS) is 22.4. The zero-order valence-corrected chi connectivity index (χ0v) is 13.2. The fourth-order valence-electron chi connectivity index (χ4n) is 3.62. The number of hydrogen-bond acceptors (Lipinski definition) is 1. The van der Waals surface area contributed by atoms with E-state index >= 15 is 0 Å². The van der Waals surface area contributed by atoms with Crippen molar-refractivity contribution in [3.63, 3.8) is 0 Å². The first kappa shape index (κ1) is 14.4. The van der Waals surface area contributed by atoms with Gasteiger partial charge in [0.2, 0.25) is 0 Å². The lowest BCUT2D eigenvalue weighted by Gasteiger charge is -2.37. The molecule has 0 saturated heterocycles. The quantitative estimate of drug-likeness (QED) is 0.810. The lowest BCUT2D eigenvalue weighted by molar-refractivity contribution is 0.247. The van der Waals surface area contributed by atoms with E-state index in [0.29, 0.717) is 11.2 Å². The van der Waals surface area contributed by atoms with E-state index in [-0.39, 0.29) is 0 Å². The van der Waals surface area contributed by atoms with Gasteiger partial charge in [0.05, 0.1) is 0 Å². The third-order valence-corrected chi connectivity index (χ3v) is 5.26. The van der Waals surface area contributed by atoms with Crippen LogP contribution in [0, 0.1) is 26.2 Å². The maximum absolute atomic E-state index is 10.2. The third-order valence-electron chi connectivity index (χ3n) is 5.26. The van der Waals surface area contributed by atoms with Crippen LogP contribution in [0.5, 0.6) is 5.75 Å². The zero-order valence-electron chi connectivity index (χ0n) is 13.2. The number of fused-ring (bicyclic) bond motifs is 1. The molecule has 0 unspecified atom stereocenters. The van der Waals surface area contributed by atoms with Crippen molar-refractivity contribution in [1.82, 2.24) is 0 Å². The van der Waals surface area contributed by atoms with Crippen molar-refractivity contribution in [3.8, 4) is 5.75 Å². The van der Waals surface area contributed by atoms with Gasteiger partial charge in [0.15, 0.2) is 0 Å². The van der Waals surface area contributed by atoms with Gasteiger partial charge in [-0.15, -0.1) is 0 Å². The molecule has 0 aromatic heterocycles. The van der Waals surface area contributed by atoms with Gasteiger partial charge in [0.25, 0.3) is 0 Å². The largest absolute Gasteiger partial charge is 0.507 e. The predicted molar refractivity (Wildman–Crippen MR) is 82.0 cm³/mol. The second kappa shape index (κ2) is 5.19. The van der Waals surface area contributed by atoms with E-state index in [9.17, 15) is 5.11 Å². The first-order chi connectivity index (χ1) is 8.89. The minimum atomic E-state index is 0.462. The van der Waals surface area contributed by atoms with Crippen molar-refractivity contribution in [2.45, 2.75) is 73.1 Å². The summed E-state index contributed by atoms with van der Waals surface area (Å²) in [6.07, 6.45) is 7.55. The number of benzene rings is 1. The summed E-state index contributed by atoms with van der Waals surface area (Å²) in [6.45, 7) is 11.0. The molecular formula is C18H28O. The van der Waals surface area contributed by atoms with Crippen molar-refractivity contribution in [2.24, 2.45) is 5.41 Å². The summed E-state index contributed by atoms with van der Waals surface area (Å²) in [5.41, 5.74) is 6.93. The molecule has 1 heteroatoms. The molecule has 0 aliphatic heterocycles. The molecule has 1 aliphatic carbocycles. The monoisotopic (exact) mass is 260 g/mol. The first-order valence-corrected chi connectivity index (χ1v) is 7.70. The van der Waals surface area contributed by atoms with Crippen LogP contribution < -0.4 is 0 Å². The van der Waals surface area contributed by atoms with Crippen LogP contribution in [-0.2, 0) is 12.8 Å². The van der Waals surface area contributed by atoms with E-state index in [0.717, 1.165) is 17.5 Å². The Morgan fingerprint density at radius 3 is 2.37 bits per heavy atom. The van der Waals surface area contributed by atoms with Crippen LogP contribution in [0.4, 0.5) is 0 Å². The van der Waals surface area contributed by atoms with E-state index < -0.39 is 0 Å².